The van der Waals surface area contributed by atoms with Crippen LogP contribution in [0, 0.1) is 0 Å². The van der Waals surface area contributed by atoms with Crippen LogP contribution in [-0.4, -0.2) is 20.2 Å². The van der Waals surface area contributed by atoms with Crippen molar-refractivity contribution in [2.75, 3.05) is 20.2 Å². The van der Waals surface area contributed by atoms with Gasteiger partial charge in [0.05, 0.1) is 7.11 Å². The molecule has 0 aromatic heterocycles. The first-order valence-electron chi connectivity index (χ1n) is 4.25. The van der Waals surface area contributed by atoms with Crippen LogP contribution in [0.1, 0.15) is 11.5 Å². The number of halogens is 1. The molecule has 1 fully saturated rings. The normalized spacial score (nSPS) is 15.8. The van der Waals surface area contributed by atoms with Gasteiger partial charge in [-0.2, -0.15) is 0 Å². The Morgan fingerprint density at radius 3 is 2.69 bits per heavy atom. The third kappa shape index (κ3) is 2.14. The number of ether oxygens (including phenoxy) is 1. The summed E-state index contributed by atoms with van der Waals surface area (Å²) in [7, 11) is 1.71. The van der Waals surface area contributed by atoms with Crippen LogP contribution in [-0.2, 0) is 0 Å². The molecule has 1 aliphatic rings. The Kier molecular flexibility index (Phi) is 3.58. The summed E-state index contributed by atoms with van der Waals surface area (Å²) in [6, 6.07) is 8.31. The van der Waals surface area contributed by atoms with E-state index in [2.05, 4.69) is 17.4 Å². The number of rotatable bonds is 2. The molecular weight excluding hydrogens is 186 g/mol. The summed E-state index contributed by atoms with van der Waals surface area (Å²) < 4.78 is 5.15. The van der Waals surface area contributed by atoms with E-state index in [1.54, 1.807) is 7.11 Å². The maximum Gasteiger partial charge on any atom is 0.119 e. The zero-order valence-electron chi connectivity index (χ0n) is 7.62. The molecule has 2 nitrogen and oxygen atoms in total. The SMILES string of the molecule is COc1cccc(C2CNC2)c1.Cl. The Labute approximate surface area is 84.7 Å². The molecule has 0 amide bonds. The second-order valence-corrected chi connectivity index (χ2v) is 3.13. The number of benzene rings is 1. The van der Waals surface area contributed by atoms with Crippen molar-refractivity contribution in [3.63, 3.8) is 0 Å². The highest BCUT2D eigenvalue weighted by molar-refractivity contribution is 5.85. The minimum Gasteiger partial charge on any atom is -0.497 e. The molecule has 3 heteroatoms. The quantitative estimate of drug-likeness (QED) is 0.785. The zero-order chi connectivity index (χ0) is 8.39. The Morgan fingerprint density at radius 2 is 2.15 bits per heavy atom. The lowest BCUT2D eigenvalue weighted by Crippen LogP contribution is -2.39. The van der Waals surface area contributed by atoms with Gasteiger partial charge >= 0.3 is 0 Å². The number of methoxy groups -OCH3 is 1. The highest BCUT2D eigenvalue weighted by atomic mass is 35.5. The summed E-state index contributed by atoms with van der Waals surface area (Å²) in [6.07, 6.45) is 0. The minimum absolute atomic E-state index is 0. The maximum absolute atomic E-state index is 5.15. The van der Waals surface area contributed by atoms with Crippen LogP contribution in [0.3, 0.4) is 0 Å². The molecule has 1 heterocycles. The Morgan fingerprint density at radius 1 is 1.38 bits per heavy atom. The molecule has 72 valence electrons. The molecule has 1 aliphatic heterocycles. The summed E-state index contributed by atoms with van der Waals surface area (Å²) >= 11 is 0. The molecule has 0 radical (unpaired) electrons. The highest BCUT2D eigenvalue weighted by Gasteiger charge is 2.18. The first-order chi connectivity index (χ1) is 5.90. The van der Waals surface area contributed by atoms with E-state index in [9.17, 15) is 0 Å². The Hall–Kier alpha value is -0.730. The van der Waals surface area contributed by atoms with Crippen LogP contribution in [0.5, 0.6) is 5.75 Å². The average molecular weight is 200 g/mol. The summed E-state index contributed by atoms with van der Waals surface area (Å²) in [5, 5.41) is 3.26. The van der Waals surface area contributed by atoms with Crippen molar-refractivity contribution in [2.45, 2.75) is 5.92 Å². The molecule has 1 N–H and O–H groups in total. The summed E-state index contributed by atoms with van der Waals surface area (Å²) in [4.78, 5) is 0. The predicted octanol–water partition coefficient (Wildman–Crippen LogP) is 1.80. The van der Waals surface area contributed by atoms with Crippen LogP contribution >= 0.6 is 12.4 Å². The Balaban J connectivity index is 0.000000845. The first kappa shape index (κ1) is 10.4. The van der Waals surface area contributed by atoms with Crippen molar-refractivity contribution in [1.29, 1.82) is 0 Å². The molecule has 0 saturated carbocycles. The maximum atomic E-state index is 5.15. The van der Waals surface area contributed by atoms with E-state index in [4.69, 9.17) is 4.74 Å². The molecule has 1 aromatic carbocycles. The van der Waals surface area contributed by atoms with E-state index in [0.717, 1.165) is 18.8 Å². The van der Waals surface area contributed by atoms with Crippen molar-refractivity contribution in [3.05, 3.63) is 29.8 Å². The average Bonchev–Trinajstić information content (AvgIpc) is 2.02. The lowest BCUT2D eigenvalue weighted by Gasteiger charge is -2.27. The standard InChI is InChI=1S/C10H13NO.ClH/c1-12-10-4-2-3-8(5-10)9-6-11-7-9;/h2-5,9,11H,6-7H2,1H3;1H. The van der Waals surface area contributed by atoms with Crippen molar-refractivity contribution >= 4 is 12.4 Å². The van der Waals surface area contributed by atoms with Crippen molar-refractivity contribution in [1.82, 2.24) is 5.32 Å². The second kappa shape index (κ2) is 4.49. The smallest absolute Gasteiger partial charge is 0.119 e. The largest absolute Gasteiger partial charge is 0.497 e. The van der Waals surface area contributed by atoms with E-state index >= 15 is 0 Å². The summed E-state index contributed by atoms with van der Waals surface area (Å²) in [5.41, 5.74) is 1.38. The van der Waals surface area contributed by atoms with Crippen LogP contribution < -0.4 is 10.1 Å². The monoisotopic (exact) mass is 199 g/mol. The van der Waals surface area contributed by atoms with E-state index in [1.165, 1.54) is 5.56 Å². The molecule has 0 spiro atoms. The van der Waals surface area contributed by atoms with Gasteiger partial charge in [-0.25, -0.2) is 0 Å². The summed E-state index contributed by atoms with van der Waals surface area (Å²) in [5.74, 6) is 1.65. The van der Waals surface area contributed by atoms with Crippen molar-refractivity contribution < 1.29 is 4.74 Å². The number of hydrogen-bond acceptors (Lipinski definition) is 2. The number of nitrogens with one attached hydrogen (secondary N) is 1. The van der Waals surface area contributed by atoms with Crippen LogP contribution in [0.4, 0.5) is 0 Å². The zero-order valence-corrected chi connectivity index (χ0v) is 8.43. The predicted molar refractivity (Wildman–Crippen MR) is 55.9 cm³/mol. The topological polar surface area (TPSA) is 21.3 Å². The van der Waals surface area contributed by atoms with Gasteiger partial charge in [-0.15, -0.1) is 12.4 Å². The van der Waals surface area contributed by atoms with Gasteiger partial charge in [0.25, 0.3) is 0 Å². The lowest BCUT2D eigenvalue weighted by molar-refractivity contribution is 0.409. The van der Waals surface area contributed by atoms with Crippen molar-refractivity contribution in [2.24, 2.45) is 0 Å². The molecule has 0 aliphatic carbocycles. The third-order valence-corrected chi connectivity index (χ3v) is 2.35. The van der Waals surface area contributed by atoms with Gasteiger partial charge in [-0.3, -0.25) is 0 Å². The van der Waals surface area contributed by atoms with Crippen molar-refractivity contribution in [3.8, 4) is 5.75 Å². The van der Waals surface area contributed by atoms with Gasteiger partial charge in [0.1, 0.15) is 5.75 Å². The van der Waals surface area contributed by atoms with Crippen LogP contribution in [0.15, 0.2) is 24.3 Å². The fraction of sp³-hybridized carbons (Fsp3) is 0.400. The molecular formula is C10H14ClNO. The highest BCUT2D eigenvalue weighted by Crippen LogP contribution is 2.23. The van der Waals surface area contributed by atoms with Gasteiger partial charge < -0.3 is 10.1 Å². The first-order valence-corrected chi connectivity index (χ1v) is 4.25. The molecule has 0 atom stereocenters. The molecule has 0 unspecified atom stereocenters. The fourth-order valence-electron chi connectivity index (χ4n) is 1.42. The van der Waals surface area contributed by atoms with Gasteiger partial charge in [-0.05, 0) is 17.7 Å². The number of hydrogen-bond donors (Lipinski definition) is 1. The summed E-state index contributed by atoms with van der Waals surface area (Å²) in [6.45, 7) is 2.21. The lowest BCUT2D eigenvalue weighted by atomic mass is 9.94. The molecule has 2 rings (SSSR count). The minimum atomic E-state index is 0. The second-order valence-electron chi connectivity index (χ2n) is 3.13. The van der Waals surface area contributed by atoms with Crippen LogP contribution in [0.25, 0.3) is 0 Å². The van der Waals surface area contributed by atoms with E-state index in [0.29, 0.717) is 5.92 Å². The van der Waals surface area contributed by atoms with E-state index < -0.39 is 0 Å². The molecule has 13 heavy (non-hydrogen) atoms. The fourth-order valence-corrected chi connectivity index (χ4v) is 1.42. The van der Waals surface area contributed by atoms with Gasteiger partial charge in [0.2, 0.25) is 0 Å². The van der Waals surface area contributed by atoms with Gasteiger partial charge in [0.15, 0.2) is 0 Å². The van der Waals surface area contributed by atoms with Gasteiger partial charge in [0, 0.05) is 19.0 Å². The third-order valence-electron chi connectivity index (χ3n) is 2.35. The molecule has 0 bridgehead atoms. The van der Waals surface area contributed by atoms with Gasteiger partial charge in [-0.1, -0.05) is 12.1 Å². The Bertz CT molecular complexity index is 273. The molecule has 1 saturated heterocycles. The van der Waals surface area contributed by atoms with E-state index in [-0.39, 0.29) is 12.4 Å². The van der Waals surface area contributed by atoms with E-state index in [1.807, 2.05) is 12.1 Å². The molecule has 1 aromatic rings. The van der Waals surface area contributed by atoms with Crippen LogP contribution in [0.2, 0.25) is 0 Å².